The molecular formula is C15H21ClF2N2O3. The molecule has 1 aromatic carbocycles. The van der Waals surface area contributed by atoms with E-state index in [-0.39, 0.29) is 41.4 Å². The van der Waals surface area contributed by atoms with Crippen LogP contribution >= 0.6 is 12.4 Å². The second-order valence-corrected chi connectivity index (χ2v) is 5.29. The highest BCUT2D eigenvalue weighted by molar-refractivity contribution is 5.95. The number of hydrogen-bond donors (Lipinski definition) is 2. The van der Waals surface area contributed by atoms with Crippen LogP contribution in [0, 0.1) is 0 Å². The lowest BCUT2D eigenvalue weighted by atomic mass is 10.0. The van der Waals surface area contributed by atoms with Gasteiger partial charge in [0, 0.05) is 17.6 Å². The van der Waals surface area contributed by atoms with Crippen molar-refractivity contribution in [1.82, 2.24) is 10.6 Å². The van der Waals surface area contributed by atoms with Gasteiger partial charge in [-0.05, 0) is 44.5 Å². The molecule has 1 fully saturated rings. The Balaban J connectivity index is 0.00000264. The van der Waals surface area contributed by atoms with E-state index in [0.717, 1.165) is 19.4 Å². The zero-order valence-electron chi connectivity index (χ0n) is 13.0. The van der Waals surface area contributed by atoms with Crippen LogP contribution in [0.3, 0.4) is 0 Å². The van der Waals surface area contributed by atoms with Crippen LogP contribution < -0.4 is 20.1 Å². The summed E-state index contributed by atoms with van der Waals surface area (Å²) in [4.78, 5) is 12.2. The fourth-order valence-electron chi connectivity index (χ4n) is 2.54. The third kappa shape index (κ3) is 5.51. The van der Waals surface area contributed by atoms with Gasteiger partial charge in [-0.25, -0.2) is 0 Å². The number of halogens is 3. The van der Waals surface area contributed by atoms with Crippen LogP contribution in [0.5, 0.6) is 11.5 Å². The van der Waals surface area contributed by atoms with Gasteiger partial charge < -0.3 is 20.1 Å². The van der Waals surface area contributed by atoms with Gasteiger partial charge in [0.1, 0.15) is 0 Å². The summed E-state index contributed by atoms with van der Waals surface area (Å²) in [5.74, 6) is -0.294. The van der Waals surface area contributed by atoms with Gasteiger partial charge in [0.2, 0.25) is 0 Å². The zero-order valence-corrected chi connectivity index (χ0v) is 13.8. The minimum atomic E-state index is -2.97. The van der Waals surface area contributed by atoms with Crippen LogP contribution in [0.25, 0.3) is 0 Å². The lowest BCUT2D eigenvalue weighted by Crippen LogP contribution is -2.46. The number of rotatable bonds is 5. The van der Waals surface area contributed by atoms with Crippen molar-refractivity contribution >= 4 is 18.3 Å². The van der Waals surface area contributed by atoms with E-state index in [1.165, 1.54) is 25.3 Å². The van der Waals surface area contributed by atoms with Gasteiger partial charge in [0.05, 0.1) is 7.11 Å². The van der Waals surface area contributed by atoms with Crippen molar-refractivity contribution in [2.24, 2.45) is 0 Å². The molecular weight excluding hydrogens is 330 g/mol. The monoisotopic (exact) mass is 350 g/mol. The number of carbonyl (C=O) groups excluding carboxylic acids is 1. The molecule has 1 aliphatic rings. The zero-order chi connectivity index (χ0) is 16.1. The quantitative estimate of drug-likeness (QED) is 0.857. The summed E-state index contributed by atoms with van der Waals surface area (Å²) >= 11 is 0. The summed E-state index contributed by atoms with van der Waals surface area (Å²) in [7, 11) is 1.35. The number of alkyl halides is 2. The molecule has 23 heavy (non-hydrogen) atoms. The summed E-state index contributed by atoms with van der Waals surface area (Å²) < 4.78 is 34.1. The topological polar surface area (TPSA) is 59.6 Å². The van der Waals surface area contributed by atoms with Crippen molar-refractivity contribution in [2.75, 3.05) is 13.7 Å². The van der Waals surface area contributed by atoms with Gasteiger partial charge in [-0.2, -0.15) is 8.78 Å². The first-order valence-electron chi connectivity index (χ1n) is 7.16. The number of ether oxygens (including phenoxy) is 2. The maximum Gasteiger partial charge on any atom is 0.387 e. The van der Waals surface area contributed by atoms with Gasteiger partial charge in [-0.15, -0.1) is 12.4 Å². The molecule has 0 aliphatic carbocycles. The SMILES string of the molecule is COc1ccc(C(=O)NC2CCNC(C)C2)cc1OC(F)F.Cl. The minimum Gasteiger partial charge on any atom is -0.493 e. The van der Waals surface area contributed by atoms with Gasteiger partial charge in [-0.3, -0.25) is 4.79 Å². The normalized spacial score (nSPS) is 20.6. The van der Waals surface area contributed by atoms with E-state index in [1.54, 1.807) is 0 Å². The Labute approximate surface area is 140 Å². The van der Waals surface area contributed by atoms with Crippen LogP contribution in [0.2, 0.25) is 0 Å². The van der Waals surface area contributed by atoms with E-state index in [0.29, 0.717) is 6.04 Å². The summed E-state index contributed by atoms with van der Waals surface area (Å²) in [6.45, 7) is -0.0770. The number of hydrogen-bond acceptors (Lipinski definition) is 4. The molecule has 5 nitrogen and oxygen atoms in total. The van der Waals surface area contributed by atoms with Crippen LogP contribution in [0.1, 0.15) is 30.1 Å². The molecule has 1 heterocycles. The average Bonchev–Trinajstić information content (AvgIpc) is 2.46. The van der Waals surface area contributed by atoms with Gasteiger partial charge in [0.15, 0.2) is 11.5 Å². The second kappa shape index (κ2) is 8.88. The van der Waals surface area contributed by atoms with Crippen LogP contribution in [0.4, 0.5) is 8.78 Å². The van der Waals surface area contributed by atoms with Crippen LogP contribution in [-0.2, 0) is 0 Å². The van der Waals surface area contributed by atoms with E-state index in [1.807, 2.05) is 0 Å². The molecule has 130 valence electrons. The van der Waals surface area contributed by atoms with Gasteiger partial charge >= 0.3 is 6.61 Å². The molecule has 2 unspecified atom stereocenters. The third-order valence-corrected chi connectivity index (χ3v) is 3.60. The third-order valence-electron chi connectivity index (χ3n) is 3.60. The molecule has 2 atom stereocenters. The molecule has 1 amide bonds. The molecule has 2 rings (SSSR count). The van der Waals surface area contributed by atoms with Crippen molar-refractivity contribution in [1.29, 1.82) is 0 Å². The van der Waals surface area contributed by atoms with Crippen molar-refractivity contribution in [3.63, 3.8) is 0 Å². The maximum atomic E-state index is 12.4. The molecule has 1 aromatic rings. The smallest absolute Gasteiger partial charge is 0.387 e. The molecule has 0 aromatic heterocycles. The van der Waals surface area contributed by atoms with E-state index >= 15 is 0 Å². The fourth-order valence-corrected chi connectivity index (χ4v) is 2.54. The second-order valence-electron chi connectivity index (χ2n) is 5.29. The Bertz CT molecular complexity index is 531. The summed E-state index contributed by atoms with van der Waals surface area (Å²) in [6.07, 6.45) is 1.68. The van der Waals surface area contributed by atoms with Gasteiger partial charge in [0.25, 0.3) is 5.91 Å². The van der Waals surface area contributed by atoms with Crippen molar-refractivity contribution in [3.05, 3.63) is 23.8 Å². The lowest BCUT2D eigenvalue weighted by molar-refractivity contribution is -0.0512. The van der Waals surface area contributed by atoms with Gasteiger partial charge in [-0.1, -0.05) is 0 Å². The first kappa shape index (κ1) is 19.4. The largest absolute Gasteiger partial charge is 0.493 e. The Kier molecular flexibility index (Phi) is 7.51. The predicted octanol–water partition coefficient (Wildman–Crippen LogP) is 2.59. The molecule has 2 N–H and O–H groups in total. The lowest BCUT2D eigenvalue weighted by Gasteiger charge is -2.28. The first-order valence-corrected chi connectivity index (χ1v) is 7.16. The number of carbonyl (C=O) groups is 1. The number of piperidine rings is 1. The maximum absolute atomic E-state index is 12.4. The summed E-state index contributed by atoms with van der Waals surface area (Å²) in [6, 6.07) is 4.65. The Morgan fingerprint density at radius 2 is 2.13 bits per heavy atom. The standard InChI is InChI=1S/C15H20F2N2O3.ClH/c1-9-7-11(5-6-18-9)19-14(20)10-3-4-12(21-2)13(8-10)22-15(16)17;/h3-4,8-9,11,15,18H,5-7H2,1-2H3,(H,19,20);1H. The Morgan fingerprint density at radius 3 is 2.74 bits per heavy atom. The van der Waals surface area contributed by atoms with Crippen LogP contribution in [-0.4, -0.2) is 38.3 Å². The molecule has 8 heteroatoms. The number of nitrogens with one attached hydrogen (secondary N) is 2. The van der Waals surface area contributed by atoms with E-state index in [4.69, 9.17) is 4.74 Å². The van der Waals surface area contributed by atoms with Crippen LogP contribution in [0.15, 0.2) is 18.2 Å². The molecule has 1 aliphatic heterocycles. The van der Waals surface area contributed by atoms with E-state index in [2.05, 4.69) is 22.3 Å². The Hall–Kier alpha value is -1.60. The number of benzene rings is 1. The predicted molar refractivity (Wildman–Crippen MR) is 84.8 cm³/mol. The highest BCUT2D eigenvalue weighted by Gasteiger charge is 2.21. The van der Waals surface area contributed by atoms with E-state index < -0.39 is 6.61 Å². The minimum absolute atomic E-state index is 0. The van der Waals surface area contributed by atoms with Crippen molar-refractivity contribution < 1.29 is 23.0 Å². The highest BCUT2D eigenvalue weighted by Crippen LogP contribution is 2.29. The number of amides is 1. The summed E-state index contributed by atoms with van der Waals surface area (Å²) in [5.41, 5.74) is 0.266. The van der Waals surface area contributed by atoms with Crippen molar-refractivity contribution in [3.8, 4) is 11.5 Å². The molecule has 0 bridgehead atoms. The molecule has 0 saturated carbocycles. The average molecular weight is 351 g/mol. The summed E-state index contributed by atoms with van der Waals surface area (Å²) in [5, 5.41) is 6.22. The molecule has 0 spiro atoms. The van der Waals surface area contributed by atoms with E-state index in [9.17, 15) is 13.6 Å². The highest BCUT2D eigenvalue weighted by atomic mass is 35.5. The van der Waals surface area contributed by atoms with Crippen molar-refractivity contribution in [2.45, 2.75) is 38.5 Å². The Morgan fingerprint density at radius 1 is 1.39 bits per heavy atom. The fraction of sp³-hybridized carbons (Fsp3) is 0.533. The first-order chi connectivity index (χ1) is 10.5. The number of methoxy groups -OCH3 is 1. The molecule has 1 saturated heterocycles. The molecule has 0 radical (unpaired) electrons.